The summed E-state index contributed by atoms with van der Waals surface area (Å²) >= 11 is 0. The topological polar surface area (TPSA) is 0 Å². The second kappa shape index (κ2) is 8.77. The molecular formula is C8H23ClNP. The van der Waals surface area contributed by atoms with Crippen molar-refractivity contribution in [3.8, 4) is 0 Å². The number of hydrogen-bond acceptors (Lipinski definition) is 0. The van der Waals surface area contributed by atoms with Gasteiger partial charge in [0.1, 0.15) is 0 Å². The van der Waals surface area contributed by atoms with Crippen molar-refractivity contribution in [3.63, 3.8) is 0 Å². The third-order valence-corrected chi connectivity index (χ3v) is 2.68. The van der Waals surface area contributed by atoms with E-state index in [-0.39, 0.29) is 22.3 Å². The van der Waals surface area contributed by atoms with Crippen molar-refractivity contribution in [2.45, 2.75) is 27.7 Å². The van der Waals surface area contributed by atoms with Crippen LogP contribution in [0.3, 0.4) is 0 Å². The number of rotatable bonds is 4. The zero-order chi connectivity index (χ0) is 7.33. The van der Waals surface area contributed by atoms with Crippen molar-refractivity contribution in [3.05, 3.63) is 0 Å². The third kappa shape index (κ3) is 5.00. The van der Waals surface area contributed by atoms with E-state index < -0.39 is 0 Å². The Labute approximate surface area is 81.2 Å². The fourth-order valence-electron chi connectivity index (χ4n) is 1.34. The molecule has 3 heteroatoms. The van der Waals surface area contributed by atoms with Crippen molar-refractivity contribution in [2.24, 2.45) is 0 Å². The molecule has 1 atom stereocenters. The highest BCUT2D eigenvalue weighted by atomic mass is 35.5. The molecule has 0 aliphatic rings. The first kappa shape index (κ1) is 17.7. The van der Waals surface area contributed by atoms with E-state index in [4.69, 9.17) is 0 Å². The molecule has 72 valence electrons. The third-order valence-electron chi connectivity index (χ3n) is 2.68. The van der Waals surface area contributed by atoms with Crippen molar-refractivity contribution < 1.29 is 16.9 Å². The van der Waals surface area contributed by atoms with E-state index in [1.54, 1.807) is 0 Å². The minimum atomic E-state index is 0. The molecule has 0 aliphatic heterocycles. The average molecular weight is 200 g/mol. The summed E-state index contributed by atoms with van der Waals surface area (Å²) < 4.78 is 1.28. The maximum Gasteiger partial charge on any atom is 0.0757 e. The van der Waals surface area contributed by atoms with Crippen LogP contribution in [0.15, 0.2) is 0 Å². The van der Waals surface area contributed by atoms with Gasteiger partial charge in [-0.05, 0) is 27.7 Å². The second-order valence-corrected chi connectivity index (χ2v) is 2.61. The lowest BCUT2D eigenvalue weighted by atomic mass is 10.3. The molecule has 11 heavy (non-hydrogen) atoms. The van der Waals surface area contributed by atoms with Crippen LogP contribution in [0.2, 0.25) is 0 Å². The first-order chi connectivity index (χ1) is 4.24. The van der Waals surface area contributed by atoms with E-state index in [2.05, 4.69) is 27.7 Å². The molecule has 0 aromatic rings. The fourth-order valence-corrected chi connectivity index (χ4v) is 1.34. The van der Waals surface area contributed by atoms with Crippen molar-refractivity contribution in [1.29, 1.82) is 0 Å². The van der Waals surface area contributed by atoms with Crippen LogP contribution in [0.4, 0.5) is 0 Å². The Bertz CT molecular complexity index is 57.0. The van der Waals surface area contributed by atoms with Crippen molar-refractivity contribution in [2.75, 3.05) is 26.2 Å². The normalized spacial score (nSPS) is 9.82. The summed E-state index contributed by atoms with van der Waals surface area (Å²) in [6.07, 6.45) is 0. The molecular weight excluding hydrogens is 177 g/mol. The van der Waals surface area contributed by atoms with Gasteiger partial charge < -0.3 is 16.9 Å². The van der Waals surface area contributed by atoms with Crippen LogP contribution in [0, 0.1) is 0 Å². The van der Waals surface area contributed by atoms with Crippen LogP contribution in [-0.2, 0) is 0 Å². The predicted molar refractivity (Wildman–Crippen MR) is 53.5 cm³/mol. The van der Waals surface area contributed by atoms with Crippen LogP contribution >= 0.6 is 9.90 Å². The standard InChI is InChI=1S/C8H20N.ClH.H3P/c1-5-9(6-2,7-3)8-4;;/h5-8H2,1-4H3;1H;1H3/q+1;;/p-1. The number of nitrogens with zero attached hydrogens (tertiary/aromatic N) is 1. The number of quaternary nitrogens is 1. The van der Waals surface area contributed by atoms with Gasteiger partial charge in [0.15, 0.2) is 0 Å². The van der Waals surface area contributed by atoms with Gasteiger partial charge in [-0.1, -0.05) is 0 Å². The molecule has 0 heterocycles. The SMILES string of the molecule is CC[N+](CC)(CC)CC.P.[Cl-]. The van der Waals surface area contributed by atoms with Gasteiger partial charge in [-0.2, -0.15) is 9.90 Å². The highest BCUT2D eigenvalue weighted by Gasteiger charge is 2.16. The minimum absolute atomic E-state index is 0. The van der Waals surface area contributed by atoms with Gasteiger partial charge in [0, 0.05) is 0 Å². The van der Waals surface area contributed by atoms with Crippen LogP contribution in [0.1, 0.15) is 27.7 Å². The van der Waals surface area contributed by atoms with Gasteiger partial charge in [-0.3, -0.25) is 0 Å². The Hall–Kier alpha value is 0.680. The number of halogens is 1. The van der Waals surface area contributed by atoms with E-state index >= 15 is 0 Å². The summed E-state index contributed by atoms with van der Waals surface area (Å²) in [5.41, 5.74) is 0. The van der Waals surface area contributed by atoms with Gasteiger partial charge in [-0.15, -0.1) is 0 Å². The molecule has 0 saturated carbocycles. The van der Waals surface area contributed by atoms with Gasteiger partial charge in [0.2, 0.25) is 0 Å². The molecule has 1 nitrogen and oxygen atoms in total. The first-order valence-corrected chi connectivity index (χ1v) is 4.09. The lowest BCUT2D eigenvalue weighted by Crippen LogP contribution is -3.00. The maximum absolute atomic E-state index is 2.27. The molecule has 0 bridgehead atoms. The van der Waals surface area contributed by atoms with Crippen LogP contribution in [-0.4, -0.2) is 30.7 Å². The van der Waals surface area contributed by atoms with Gasteiger partial charge in [-0.25, -0.2) is 0 Å². The largest absolute Gasteiger partial charge is 1.00 e. The molecule has 0 spiro atoms. The van der Waals surface area contributed by atoms with E-state index in [0.29, 0.717) is 0 Å². The Morgan fingerprint density at radius 3 is 0.909 bits per heavy atom. The maximum atomic E-state index is 2.27. The summed E-state index contributed by atoms with van der Waals surface area (Å²) in [6.45, 7) is 14.2. The lowest BCUT2D eigenvalue weighted by Gasteiger charge is -2.34. The van der Waals surface area contributed by atoms with Gasteiger partial charge >= 0.3 is 0 Å². The second-order valence-electron chi connectivity index (χ2n) is 2.61. The van der Waals surface area contributed by atoms with E-state index in [9.17, 15) is 0 Å². The molecule has 0 amide bonds. The minimum Gasteiger partial charge on any atom is -1.00 e. The zero-order valence-electron chi connectivity index (χ0n) is 8.36. The molecule has 0 saturated heterocycles. The molecule has 0 aliphatic carbocycles. The summed E-state index contributed by atoms with van der Waals surface area (Å²) in [5, 5.41) is 0. The molecule has 0 N–H and O–H groups in total. The summed E-state index contributed by atoms with van der Waals surface area (Å²) in [5.74, 6) is 0. The zero-order valence-corrected chi connectivity index (χ0v) is 10.5. The van der Waals surface area contributed by atoms with Crippen LogP contribution in [0.25, 0.3) is 0 Å². The predicted octanol–water partition coefficient (Wildman–Crippen LogP) is -1.06. The molecule has 0 aromatic carbocycles. The average Bonchev–Trinajstić information content (AvgIpc) is 1.95. The molecule has 1 unspecified atom stereocenters. The van der Waals surface area contributed by atoms with Gasteiger partial charge in [0.25, 0.3) is 0 Å². The smallest absolute Gasteiger partial charge is 0.0757 e. The Morgan fingerprint density at radius 2 is 0.909 bits per heavy atom. The highest BCUT2D eigenvalue weighted by Crippen LogP contribution is 2.03. The van der Waals surface area contributed by atoms with Crippen LogP contribution in [0.5, 0.6) is 0 Å². The molecule has 0 aromatic heterocycles. The Kier molecular flexibility index (Phi) is 14.1. The number of hydrogen-bond donors (Lipinski definition) is 0. The summed E-state index contributed by atoms with van der Waals surface area (Å²) in [7, 11) is 0. The van der Waals surface area contributed by atoms with E-state index in [1.165, 1.54) is 30.7 Å². The highest BCUT2D eigenvalue weighted by molar-refractivity contribution is 6.92. The Morgan fingerprint density at radius 1 is 0.727 bits per heavy atom. The summed E-state index contributed by atoms with van der Waals surface area (Å²) in [6, 6.07) is 0. The first-order valence-electron chi connectivity index (χ1n) is 4.09. The molecule has 0 rings (SSSR count). The van der Waals surface area contributed by atoms with Crippen LogP contribution < -0.4 is 12.4 Å². The fraction of sp³-hybridized carbons (Fsp3) is 1.00. The van der Waals surface area contributed by atoms with Crippen molar-refractivity contribution >= 4 is 9.90 Å². The molecule has 0 fully saturated rings. The van der Waals surface area contributed by atoms with E-state index in [0.717, 1.165) is 0 Å². The van der Waals surface area contributed by atoms with Crippen molar-refractivity contribution in [1.82, 2.24) is 0 Å². The monoisotopic (exact) mass is 199 g/mol. The van der Waals surface area contributed by atoms with E-state index in [1.807, 2.05) is 0 Å². The quantitative estimate of drug-likeness (QED) is 0.400. The Balaban J connectivity index is -0.000000320. The molecule has 0 radical (unpaired) electrons. The van der Waals surface area contributed by atoms with Gasteiger partial charge in [0.05, 0.1) is 26.2 Å². The lowest BCUT2D eigenvalue weighted by molar-refractivity contribution is -0.921. The summed E-state index contributed by atoms with van der Waals surface area (Å²) in [4.78, 5) is 0.